The van der Waals surface area contributed by atoms with Crippen molar-refractivity contribution in [2.24, 2.45) is 0 Å². The average Bonchev–Trinajstić information content (AvgIpc) is 2.89. The van der Waals surface area contributed by atoms with E-state index in [9.17, 15) is 4.79 Å². The Morgan fingerprint density at radius 3 is 2.76 bits per heavy atom. The van der Waals surface area contributed by atoms with E-state index in [0.29, 0.717) is 6.54 Å². The second kappa shape index (κ2) is 6.85. The van der Waals surface area contributed by atoms with Crippen LogP contribution < -0.4 is 10.6 Å². The van der Waals surface area contributed by atoms with Gasteiger partial charge in [0.05, 0.1) is 6.10 Å². The summed E-state index contributed by atoms with van der Waals surface area (Å²) in [5.41, 5.74) is 0.892. The number of hydrogen-bond donors (Lipinski definition) is 3. The molecular formula is C14H19N5O2. The van der Waals surface area contributed by atoms with Gasteiger partial charge in [0.15, 0.2) is 0 Å². The van der Waals surface area contributed by atoms with E-state index >= 15 is 0 Å². The zero-order valence-electron chi connectivity index (χ0n) is 12.1. The number of nitrogens with one attached hydrogen (secondary N) is 2. The highest BCUT2D eigenvalue weighted by Crippen LogP contribution is 2.08. The second-order valence-electron chi connectivity index (χ2n) is 4.78. The summed E-state index contributed by atoms with van der Waals surface area (Å²) in [7, 11) is 0. The van der Waals surface area contributed by atoms with Gasteiger partial charge >= 0.3 is 6.03 Å². The Balaban J connectivity index is 1.88. The van der Waals surface area contributed by atoms with E-state index in [1.54, 1.807) is 19.3 Å². The molecule has 7 heteroatoms. The first-order valence-electron chi connectivity index (χ1n) is 6.71. The van der Waals surface area contributed by atoms with Gasteiger partial charge in [-0.2, -0.15) is 0 Å². The van der Waals surface area contributed by atoms with E-state index in [-0.39, 0.29) is 12.6 Å². The SMILES string of the molecule is Cc1nccn1-c1ccc(CNC(=O)NC[C@H](C)O)cn1. The van der Waals surface area contributed by atoms with Gasteiger partial charge in [0.2, 0.25) is 0 Å². The number of aromatic nitrogens is 3. The van der Waals surface area contributed by atoms with Crippen molar-refractivity contribution in [3.05, 3.63) is 42.1 Å². The second-order valence-corrected chi connectivity index (χ2v) is 4.78. The van der Waals surface area contributed by atoms with E-state index in [1.165, 1.54) is 0 Å². The van der Waals surface area contributed by atoms with Crippen molar-refractivity contribution >= 4 is 6.03 Å². The normalized spacial score (nSPS) is 12.0. The van der Waals surface area contributed by atoms with Gasteiger partial charge in [-0.1, -0.05) is 6.07 Å². The van der Waals surface area contributed by atoms with Gasteiger partial charge in [-0.3, -0.25) is 4.57 Å². The zero-order chi connectivity index (χ0) is 15.2. The number of aryl methyl sites for hydroxylation is 1. The van der Waals surface area contributed by atoms with Gasteiger partial charge in [-0.25, -0.2) is 14.8 Å². The minimum Gasteiger partial charge on any atom is -0.392 e. The number of pyridine rings is 1. The van der Waals surface area contributed by atoms with Crippen LogP contribution in [0.3, 0.4) is 0 Å². The molecule has 112 valence electrons. The van der Waals surface area contributed by atoms with Crippen LogP contribution in [0.5, 0.6) is 0 Å². The van der Waals surface area contributed by atoms with Crippen molar-refractivity contribution in [2.75, 3.05) is 6.54 Å². The molecule has 0 spiro atoms. The predicted octanol–water partition coefficient (Wildman–Crippen LogP) is 0.756. The Bertz CT molecular complexity index is 592. The maximum Gasteiger partial charge on any atom is 0.315 e. The molecule has 0 aliphatic rings. The van der Waals surface area contributed by atoms with Gasteiger partial charge in [0, 0.05) is 31.7 Å². The molecule has 2 rings (SSSR count). The molecule has 2 aromatic heterocycles. The van der Waals surface area contributed by atoms with Crippen molar-refractivity contribution in [1.29, 1.82) is 0 Å². The van der Waals surface area contributed by atoms with Gasteiger partial charge in [0.1, 0.15) is 11.6 Å². The van der Waals surface area contributed by atoms with E-state index in [0.717, 1.165) is 17.2 Å². The van der Waals surface area contributed by atoms with Crippen molar-refractivity contribution in [2.45, 2.75) is 26.5 Å². The van der Waals surface area contributed by atoms with Crippen LogP contribution in [0, 0.1) is 6.92 Å². The van der Waals surface area contributed by atoms with Crippen LogP contribution in [-0.2, 0) is 6.54 Å². The fourth-order valence-corrected chi connectivity index (χ4v) is 1.77. The fourth-order valence-electron chi connectivity index (χ4n) is 1.77. The van der Waals surface area contributed by atoms with E-state index in [1.807, 2.05) is 29.8 Å². The monoisotopic (exact) mass is 289 g/mol. The molecule has 21 heavy (non-hydrogen) atoms. The Hall–Kier alpha value is -2.41. The number of carbonyl (C=O) groups excluding carboxylic acids is 1. The number of amides is 2. The quantitative estimate of drug-likeness (QED) is 0.757. The summed E-state index contributed by atoms with van der Waals surface area (Å²) in [6.45, 7) is 4.12. The number of urea groups is 1. The maximum atomic E-state index is 11.5. The molecule has 2 heterocycles. The molecule has 2 amide bonds. The molecule has 0 fully saturated rings. The molecule has 0 aliphatic heterocycles. The van der Waals surface area contributed by atoms with Crippen LogP contribution in [-0.4, -0.2) is 38.3 Å². The highest BCUT2D eigenvalue weighted by atomic mass is 16.3. The minimum absolute atomic E-state index is 0.225. The summed E-state index contributed by atoms with van der Waals surface area (Å²) in [5, 5.41) is 14.3. The Morgan fingerprint density at radius 1 is 1.38 bits per heavy atom. The summed E-state index contributed by atoms with van der Waals surface area (Å²) < 4.78 is 1.88. The number of nitrogens with zero attached hydrogens (tertiary/aromatic N) is 3. The lowest BCUT2D eigenvalue weighted by molar-refractivity contribution is 0.187. The number of carbonyl (C=O) groups is 1. The molecule has 3 N–H and O–H groups in total. The number of aliphatic hydroxyl groups excluding tert-OH is 1. The molecule has 2 aromatic rings. The first-order valence-corrected chi connectivity index (χ1v) is 6.71. The smallest absolute Gasteiger partial charge is 0.315 e. The van der Waals surface area contributed by atoms with E-state index in [2.05, 4.69) is 20.6 Å². The first-order chi connectivity index (χ1) is 10.1. The number of aliphatic hydroxyl groups is 1. The third-order valence-electron chi connectivity index (χ3n) is 2.89. The largest absolute Gasteiger partial charge is 0.392 e. The lowest BCUT2D eigenvalue weighted by Crippen LogP contribution is -2.38. The lowest BCUT2D eigenvalue weighted by atomic mass is 10.3. The first kappa shape index (κ1) is 15.0. The third-order valence-corrected chi connectivity index (χ3v) is 2.89. The molecule has 0 radical (unpaired) electrons. The van der Waals surface area contributed by atoms with Crippen molar-refractivity contribution in [1.82, 2.24) is 25.2 Å². The van der Waals surface area contributed by atoms with Crippen molar-refractivity contribution in [3.63, 3.8) is 0 Å². The number of imidazole rings is 1. The van der Waals surface area contributed by atoms with Crippen molar-refractivity contribution < 1.29 is 9.90 Å². The highest BCUT2D eigenvalue weighted by molar-refractivity contribution is 5.73. The molecular weight excluding hydrogens is 270 g/mol. The molecule has 0 saturated heterocycles. The molecule has 0 unspecified atom stereocenters. The topological polar surface area (TPSA) is 92.1 Å². The Labute approximate surface area is 123 Å². The highest BCUT2D eigenvalue weighted by Gasteiger charge is 2.04. The lowest BCUT2D eigenvalue weighted by Gasteiger charge is -2.09. The maximum absolute atomic E-state index is 11.5. The standard InChI is InChI=1S/C14H19N5O2/c1-10(20)7-17-14(21)18-9-12-3-4-13(16-8-12)19-6-5-15-11(19)2/h3-6,8,10,20H,7,9H2,1-2H3,(H2,17,18,21)/t10-/m0/s1. The molecule has 0 aromatic carbocycles. The summed E-state index contributed by atoms with van der Waals surface area (Å²) in [6, 6.07) is 3.46. The molecule has 1 atom stereocenters. The average molecular weight is 289 g/mol. The van der Waals surface area contributed by atoms with Crippen LogP contribution in [0.25, 0.3) is 5.82 Å². The Kier molecular flexibility index (Phi) is 4.89. The van der Waals surface area contributed by atoms with Gasteiger partial charge in [0.25, 0.3) is 0 Å². The van der Waals surface area contributed by atoms with Crippen LogP contribution in [0.1, 0.15) is 18.3 Å². The zero-order valence-corrected chi connectivity index (χ0v) is 12.1. The number of hydrogen-bond acceptors (Lipinski definition) is 4. The predicted molar refractivity (Wildman–Crippen MR) is 78.0 cm³/mol. The molecule has 0 bridgehead atoms. The van der Waals surface area contributed by atoms with E-state index in [4.69, 9.17) is 5.11 Å². The van der Waals surface area contributed by atoms with Crippen LogP contribution in [0.15, 0.2) is 30.7 Å². The molecule has 7 nitrogen and oxygen atoms in total. The minimum atomic E-state index is -0.560. The summed E-state index contributed by atoms with van der Waals surface area (Å²) in [4.78, 5) is 19.9. The van der Waals surface area contributed by atoms with E-state index < -0.39 is 6.10 Å². The summed E-state index contributed by atoms with van der Waals surface area (Å²) >= 11 is 0. The van der Waals surface area contributed by atoms with Gasteiger partial charge in [-0.15, -0.1) is 0 Å². The Morgan fingerprint density at radius 2 is 2.19 bits per heavy atom. The van der Waals surface area contributed by atoms with Crippen molar-refractivity contribution in [3.8, 4) is 5.82 Å². The molecule has 0 aliphatic carbocycles. The van der Waals surface area contributed by atoms with Gasteiger partial charge < -0.3 is 15.7 Å². The third kappa shape index (κ3) is 4.28. The number of rotatable bonds is 5. The van der Waals surface area contributed by atoms with Crippen LogP contribution in [0.2, 0.25) is 0 Å². The van der Waals surface area contributed by atoms with Crippen LogP contribution >= 0.6 is 0 Å². The summed E-state index contributed by atoms with van der Waals surface area (Å²) in [5.74, 6) is 1.65. The fraction of sp³-hybridized carbons (Fsp3) is 0.357. The van der Waals surface area contributed by atoms with Crippen LogP contribution in [0.4, 0.5) is 4.79 Å². The summed E-state index contributed by atoms with van der Waals surface area (Å²) in [6.07, 6.45) is 4.72. The molecule has 0 saturated carbocycles. The van der Waals surface area contributed by atoms with Gasteiger partial charge in [-0.05, 0) is 25.5 Å².